The Balaban J connectivity index is 2.07. The lowest BCUT2D eigenvalue weighted by atomic mass is 9.98. The quantitative estimate of drug-likeness (QED) is 0.836. The fourth-order valence-electron chi connectivity index (χ4n) is 2.45. The third-order valence-corrected chi connectivity index (χ3v) is 3.47. The molecule has 0 bridgehead atoms. The van der Waals surface area contributed by atoms with E-state index in [2.05, 4.69) is 30.4 Å². The average molecular weight is 214 g/mol. The summed E-state index contributed by atoms with van der Waals surface area (Å²) in [6.45, 7) is 2.07. The number of aryl methyl sites for hydroxylation is 1. The van der Waals surface area contributed by atoms with Gasteiger partial charge in [0.2, 0.25) is 0 Å². The molecule has 1 atom stereocenters. The van der Waals surface area contributed by atoms with E-state index in [0.29, 0.717) is 5.92 Å². The highest BCUT2D eigenvalue weighted by Gasteiger charge is 2.24. The lowest BCUT2D eigenvalue weighted by Crippen LogP contribution is -2.25. The van der Waals surface area contributed by atoms with Crippen molar-refractivity contribution in [2.75, 3.05) is 5.32 Å². The molecule has 0 saturated heterocycles. The minimum absolute atomic E-state index is 0.0244. The zero-order chi connectivity index (χ0) is 11.4. The van der Waals surface area contributed by atoms with Crippen LogP contribution < -0.4 is 5.32 Å². The van der Waals surface area contributed by atoms with E-state index < -0.39 is 0 Å². The highest BCUT2D eigenvalue weighted by molar-refractivity contribution is 5.52. The maximum Gasteiger partial charge on any atom is 0.117 e. The van der Waals surface area contributed by atoms with Crippen molar-refractivity contribution in [3.8, 4) is 6.07 Å². The number of benzene rings is 1. The van der Waals surface area contributed by atoms with Gasteiger partial charge in [-0.3, -0.25) is 0 Å². The van der Waals surface area contributed by atoms with Gasteiger partial charge in [0.05, 0.1) is 6.07 Å². The molecule has 0 radical (unpaired) electrons. The Hall–Kier alpha value is -1.49. The summed E-state index contributed by atoms with van der Waals surface area (Å²) < 4.78 is 0. The van der Waals surface area contributed by atoms with Gasteiger partial charge < -0.3 is 5.32 Å². The van der Waals surface area contributed by atoms with Crippen LogP contribution in [0.4, 0.5) is 5.69 Å². The number of nitriles is 1. The number of para-hydroxylation sites is 1. The molecule has 16 heavy (non-hydrogen) atoms. The molecule has 0 amide bonds. The normalized spacial score (nSPS) is 18.0. The van der Waals surface area contributed by atoms with E-state index >= 15 is 0 Å². The van der Waals surface area contributed by atoms with Crippen molar-refractivity contribution >= 4 is 5.69 Å². The van der Waals surface area contributed by atoms with Crippen molar-refractivity contribution in [1.29, 1.82) is 5.26 Å². The van der Waals surface area contributed by atoms with Gasteiger partial charge in [-0.05, 0) is 37.3 Å². The van der Waals surface area contributed by atoms with Gasteiger partial charge in [0.1, 0.15) is 6.04 Å². The molecule has 0 heterocycles. The van der Waals surface area contributed by atoms with Gasteiger partial charge in [-0.2, -0.15) is 5.26 Å². The molecule has 1 saturated carbocycles. The molecular weight excluding hydrogens is 196 g/mol. The predicted molar refractivity (Wildman–Crippen MR) is 66.2 cm³/mol. The van der Waals surface area contributed by atoms with E-state index in [-0.39, 0.29) is 6.04 Å². The fraction of sp³-hybridized carbons (Fsp3) is 0.500. The van der Waals surface area contributed by atoms with E-state index in [0.717, 1.165) is 5.69 Å². The summed E-state index contributed by atoms with van der Waals surface area (Å²) in [7, 11) is 0. The standard InChI is InChI=1S/C14H18N2/c1-11-6-2-5-9-13(11)16-14(10-15)12-7-3-4-8-12/h2,5-6,9,12,14,16H,3-4,7-8H2,1H3. The second-order valence-electron chi connectivity index (χ2n) is 4.61. The van der Waals surface area contributed by atoms with Crippen molar-refractivity contribution in [3.05, 3.63) is 29.8 Å². The van der Waals surface area contributed by atoms with Crippen LogP contribution in [0.25, 0.3) is 0 Å². The summed E-state index contributed by atoms with van der Waals surface area (Å²) in [5.74, 6) is 0.532. The summed E-state index contributed by atoms with van der Waals surface area (Å²) in [6.07, 6.45) is 4.94. The Morgan fingerprint density at radius 2 is 2.00 bits per heavy atom. The third-order valence-electron chi connectivity index (χ3n) is 3.47. The highest BCUT2D eigenvalue weighted by Crippen LogP contribution is 2.29. The molecule has 2 rings (SSSR count). The van der Waals surface area contributed by atoms with Crippen LogP contribution in [0.15, 0.2) is 24.3 Å². The SMILES string of the molecule is Cc1ccccc1NC(C#N)C1CCCC1. The Labute approximate surface area is 97.3 Å². The lowest BCUT2D eigenvalue weighted by Gasteiger charge is -2.20. The fourth-order valence-corrected chi connectivity index (χ4v) is 2.45. The molecule has 1 aliphatic carbocycles. The summed E-state index contributed by atoms with van der Waals surface area (Å²) in [6, 6.07) is 10.5. The Morgan fingerprint density at radius 1 is 1.31 bits per heavy atom. The Kier molecular flexibility index (Phi) is 3.46. The average Bonchev–Trinajstić information content (AvgIpc) is 2.81. The molecular formula is C14H18N2. The molecule has 84 valence electrons. The summed E-state index contributed by atoms with van der Waals surface area (Å²) >= 11 is 0. The first-order valence-electron chi connectivity index (χ1n) is 6.03. The van der Waals surface area contributed by atoms with Crippen LogP contribution in [0.3, 0.4) is 0 Å². The van der Waals surface area contributed by atoms with Gasteiger partial charge in [0.25, 0.3) is 0 Å². The smallest absolute Gasteiger partial charge is 0.117 e. The van der Waals surface area contributed by atoms with Gasteiger partial charge in [-0.25, -0.2) is 0 Å². The van der Waals surface area contributed by atoms with E-state index in [9.17, 15) is 5.26 Å². The zero-order valence-electron chi connectivity index (χ0n) is 9.74. The first-order chi connectivity index (χ1) is 7.81. The molecule has 1 fully saturated rings. The van der Waals surface area contributed by atoms with Crippen molar-refractivity contribution in [2.24, 2.45) is 5.92 Å². The highest BCUT2D eigenvalue weighted by atomic mass is 14.9. The molecule has 1 unspecified atom stereocenters. The van der Waals surface area contributed by atoms with Gasteiger partial charge in [0, 0.05) is 5.69 Å². The van der Waals surface area contributed by atoms with Crippen LogP contribution in [-0.4, -0.2) is 6.04 Å². The van der Waals surface area contributed by atoms with Crippen molar-refractivity contribution < 1.29 is 0 Å². The van der Waals surface area contributed by atoms with Crippen LogP contribution in [0, 0.1) is 24.2 Å². The van der Waals surface area contributed by atoms with E-state index in [1.165, 1.54) is 31.2 Å². The summed E-state index contributed by atoms with van der Waals surface area (Å²) in [4.78, 5) is 0. The monoisotopic (exact) mass is 214 g/mol. The van der Waals surface area contributed by atoms with E-state index in [1.807, 2.05) is 12.1 Å². The molecule has 2 heteroatoms. The molecule has 1 aromatic carbocycles. The van der Waals surface area contributed by atoms with E-state index in [4.69, 9.17) is 0 Å². The number of hydrogen-bond acceptors (Lipinski definition) is 2. The maximum atomic E-state index is 9.23. The van der Waals surface area contributed by atoms with Crippen molar-refractivity contribution in [1.82, 2.24) is 0 Å². The third kappa shape index (κ3) is 2.36. The summed E-state index contributed by atoms with van der Waals surface area (Å²) in [5, 5.41) is 12.6. The van der Waals surface area contributed by atoms with Gasteiger partial charge in [-0.1, -0.05) is 31.0 Å². The Morgan fingerprint density at radius 3 is 2.62 bits per heavy atom. The molecule has 2 nitrogen and oxygen atoms in total. The maximum absolute atomic E-state index is 9.23. The molecule has 1 aromatic rings. The second-order valence-corrected chi connectivity index (χ2v) is 4.61. The minimum atomic E-state index is -0.0244. The second kappa shape index (κ2) is 5.03. The summed E-state index contributed by atoms with van der Waals surface area (Å²) in [5.41, 5.74) is 2.31. The number of nitrogens with one attached hydrogen (secondary N) is 1. The molecule has 1 aliphatic rings. The molecule has 1 N–H and O–H groups in total. The van der Waals surface area contributed by atoms with Crippen LogP contribution in [0.5, 0.6) is 0 Å². The predicted octanol–water partition coefficient (Wildman–Crippen LogP) is 3.49. The number of nitrogens with zero attached hydrogens (tertiary/aromatic N) is 1. The van der Waals surface area contributed by atoms with Crippen molar-refractivity contribution in [3.63, 3.8) is 0 Å². The van der Waals surface area contributed by atoms with Crippen molar-refractivity contribution in [2.45, 2.75) is 38.6 Å². The largest absolute Gasteiger partial charge is 0.369 e. The van der Waals surface area contributed by atoms with Crippen LogP contribution in [0.1, 0.15) is 31.2 Å². The van der Waals surface area contributed by atoms with Crippen LogP contribution in [0.2, 0.25) is 0 Å². The van der Waals surface area contributed by atoms with Crippen LogP contribution >= 0.6 is 0 Å². The number of anilines is 1. The number of rotatable bonds is 3. The molecule has 0 aromatic heterocycles. The molecule has 0 aliphatic heterocycles. The van der Waals surface area contributed by atoms with Crippen LogP contribution in [-0.2, 0) is 0 Å². The van der Waals surface area contributed by atoms with Gasteiger partial charge in [-0.15, -0.1) is 0 Å². The Bertz CT molecular complexity index is 386. The van der Waals surface area contributed by atoms with Gasteiger partial charge >= 0.3 is 0 Å². The zero-order valence-corrected chi connectivity index (χ0v) is 9.74. The number of hydrogen-bond donors (Lipinski definition) is 1. The molecule has 0 spiro atoms. The topological polar surface area (TPSA) is 35.8 Å². The minimum Gasteiger partial charge on any atom is -0.369 e. The first-order valence-corrected chi connectivity index (χ1v) is 6.03. The lowest BCUT2D eigenvalue weighted by molar-refractivity contribution is 0.519. The van der Waals surface area contributed by atoms with E-state index in [1.54, 1.807) is 0 Å². The first kappa shape index (κ1) is 11.0. The van der Waals surface area contributed by atoms with Gasteiger partial charge in [0.15, 0.2) is 0 Å².